The molecule has 0 radical (unpaired) electrons. The third-order valence-corrected chi connectivity index (χ3v) is 10.7. The van der Waals surface area contributed by atoms with Gasteiger partial charge in [-0.25, -0.2) is 0 Å². The molecule has 0 aromatic heterocycles. The first kappa shape index (κ1) is 35.1. The molecule has 0 aliphatic rings. The Balaban J connectivity index is -0.000000616. The minimum absolute atomic E-state index is 0. The zero-order valence-corrected chi connectivity index (χ0v) is 26.8. The van der Waals surface area contributed by atoms with Gasteiger partial charge in [-0.3, -0.25) is 0 Å². The van der Waals surface area contributed by atoms with Gasteiger partial charge in [0.1, 0.15) is 16.5 Å². The molecule has 0 saturated heterocycles. The fraction of sp³-hybridized carbons (Fsp3) is 0.958. The molecular weight excluding hydrogens is 456 g/mol. The van der Waals surface area contributed by atoms with Crippen molar-refractivity contribution < 1.29 is 29.4 Å². The van der Waals surface area contributed by atoms with Crippen molar-refractivity contribution in [1.29, 1.82) is 0 Å². The van der Waals surface area contributed by atoms with Gasteiger partial charge in [-0.15, -0.1) is 0 Å². The van der Waals surface area contributed by atoms with Gasteiger partial charge in [-0.05, 0) is 12.8 Å². The van der Waals surface area contributed by atoms with E-state index in [0.717, 1.165) is 12.8 Å². The van der Waals surface area contributed by atoms with Gasteiger partial charge < -0.3 is 14.5 Å². The standard InChI is InChI=1S/C18H36O2.C6H19NSi2.Zn/c1-2-3-4-5-6-7-8-9-10-11-12-13-14-15-16-17-18(19)20;1-8(2,3)7-9(4,5)6;/h2-17H2,1H3,(H,19,20);7H,1-6H3;/q;;+2/p-1. The van der Waals surface area contributed by atoms with Gasteiger partial charge in [0.25, 0.3) is 0 Å². The summed E-state index contributed by atoms with van der Waals surface area (Å²) in [6.07, 6.45) is 19.9. The van der Waals surface area contributed by atoms with Crippen molar-refractivity contribution in [2.45, 2.75) is 149 Å². The first-order chi connectivity index (χ1) is 13.5. The van der Waals surface area contributed by atoms with Crippen LogP contribution in [0.15, 0.2) is 0 Å². The van der Waals surface area contributed by atoms with Crippen molar-refractivity contribution in [2.75, 3.05) is 0 Å². The fourth-order valence-electron chi connectivity index (χ4n) is 3.77. The SMILES string of the molecule is CCCCCCCCCCCCCCCCCC(=O)[O-].C[Si](C)(C)N[Si](C)(C)C.[Zn+2]. The van der Waals surface area contributed by atoms with E-state index in [-0.39, 0.29) is 25.9 Å². The molecule has 0 atom stereocenters. The van der Waals surface area contributed by atoms with Gasteiger partial charge in [0.15, 0.2) is 0 Å². The summed E-state index contributed by atoms with van der Waals surface area (Å²) in [5, 5.41) is 10.2. The molecule has 0 aliphatic carbocycles. The predicted octanol–water partition coefficient (Wildman–Crippen LogP) is 7.24. The molecule has 0 bridgehead atoms. The van der Waals surface area contributed by atoms with Crippen LogP contribution in [-0.2, 0) is 24.3 Å². The average molecular weight is 510 g/mol. The van der Waals surface area contributed by atoms with Crippen molar-refractivity contribution in [3.63, 3.8) is 0 Å². The molecule has 6 heteroatoms. The molecule has 0 unspecified atom stereocenters. The summed E-state index contributed by atoms with van der Waals surface area (Å²) >= 11 is 0. The molecule has 0 rings (SSSR count). The van der Waals surface area contributed by atoms with E-state index in [0.29, 0.717) is 0 Å². The van der Waals surface area contributed by atoms with Crippen molar-refractivity contribution in [3.8, 4) is 0 Å². The molecule has 0 aliphatic heterocycles. The number of carbonyl (C=O) groups excluding carboxylic acids is 1. The molecular formula is C24H54NO2Si2Zn+. The van der Waals surface area contributed by atoms with E-state index < -0.39 is 22.4 Å². The van der Waals surface area contributed by atoms with Crippen LogP contribution in [0.4, 0.5) is 0 Å². The maximum Gasteiger partial charge on any atom is 2.00 e. The number of aliphatic carboxylic acids is 1. The Morgan fingerprint density at radius 1 is 0.600 bits per heavy atom. The fourth-order valence-corrected chi connectivity index (χ4v) is 12.8. The maximum absolute atomic E-state index is 10.2. The van der Waals surface area contributed by atoms with Crippen LogP contribution in [-0.4, -0.2) is 22.4 Å². The summed E-state index contributed by atoms with van der Waals surface area (Å²) in [6.45, 7) is 16.4. The third-order valence-electron chi connectivity index (χ3n) is 4.73. The summed E-state index contributed by atoms with van der Waals surface area (Å²) in [5.74, 6) is -0.903. The first-order valence-electron chi connectivity index (χ1n) is 12.5. The molecule has 0 amide bonds. The van der Waals surface area contributed by atoms with Crippen LogP contribution in [0.1, 0.15) is 110 Å². The summed E-state index contributed by atoms with van der Waals surface area (Å²) in [4.78, 5) is 10.2. The number of carboxylic acid groups (broad SMARTS) is 1. The number of carboxylic acids is 1. The van der Waals surface area contributed by atoms with Gasteiger partial charge >= 0.3 is 19.5 Å². The molecule has 0 saturated carbocycles. The van der Waals surface area contributed by atoms with E-state index in [2.05, 4.69) is 50.9 Å². The van der Waals surface area contributed by atoms with Crippen molar-refractivity contribution in [2.24, 2.45) is 0 Å². The minimum Gasteiger partial charge on any atom is -0.550 e. The summed E-state index contributed by atoms with van der Waals surface area (Å²) < 4.78 is 3.74. The molecule has 176 valence electrons. The number of carbonyl (C=O) groups is 1. The van der Waals surface area contributed by atoms with Gasteiger partial charge in [0.2, 0.25) is 0 Å². The molecule has 0 spiro atoms. The van der Waals surface area contributed by atoms with E-state index in [1.807, 2.05) is 0 Å². The second kappa shape index (κ2) is 22.7. The molecule has 1 N–H and O–H groups in total. The number of hydrogen-bond donors (Lipinski definition) is 1. The Morgan fingerprint density at radius 3 is 1.07 bits per heavy atom. The number of rotatable bonds is 18. The van der Waals surface area contributed by atoms with E-state index in [1.54, 1.807) is 0 Å². The largest absolute Gasteiger partial charge is 2.00 e. The van der Waals surface area contributed by atoms with Crippen LogP contribution in [0.3, 0.4) is 0 Å². The first-order valence-corrected chi connectivity index (χ1v) is 19.5. The Morgan fingerprint density at radius 2 is 0.867 bits per heavy atom. The second-order valence-electron chi connectivity index (χ2n) is 10.7. The normalized spacial score (nSPS) is 11.4. The summed E-state index contributed by atoms with van der Waals surface area (Å²) in [6, 6.07) is 0. The number of unbranched alkanes of at least 4 members (excludes halogenated alkanes) is 14. The summed E-state index contributed by atoms with van der Waals surface area (Å²) in [7, 11) is -1.96. The van der Waals surface area contributed by atoms with E-state index >= 15 is 0 Å². The molecule has 0 aromatic carbocycles. The van der Waals surface area contributed by atoms with E-state index in [4.69, 9.17) is 0 Å². The Kier molecular flexibility index (Phi) is 26.5. The number of nitrogens with one attached hydrogen (secondary N) is 1. The van der Waals surface area contributed by atoms with Gasteiger partial charge in [0.05, 0.1) is 0 Å². The quantitative estimate of drug-likeness (QED) is 0.156. The van der Waals surface area contributed by atoms with Gasteiger partial charge in [-0.1, -0.05) is 136 Å². The second-order valence-corrected chi connectivity index (χ2v) is 20.7. The van der Waals surface area contributed by atoms with Crippen LogP contribution >= 0.6 is 0 Å². The van der Waals surface area contributed by atoms with Crippen LogP contribution < -0.4 is 9.75 Å². The van der Waals surface area contributed by atoms with Crippen LogP contribution in [0.2, 0.25) is 39.3 Å². The predicted molar refractivity (Wildman–Crippen MR) is 134 cm³/mol. The van der Waals surface area contributed by atoms with Crippen LogP contribution in [0.5, 0.6) is 0 Å². The Bertz CT molecular complexity index is 357. The van der Waals surface area contributed by atoms with Crippen molar-refractivity contribution in [1.82, 2.24) is 4.65 Å². The van der Waals surface area contributed by atoms with E-state index in [1.165, 1.54) is 83.5 Å². The van der Waals surface area contributed by atoms with E-state index in [9.17, 15) is 9.90 Å². The maximum atomic E-state index is 10.2. The smallest absolute Gasteiger partial charge is 0.550 e. The summed E-state index contributed by atoms with van der Waals surface area (Å²) in [5.41, 5.74) is 0. The van der Waals surface area contributed by atoms with Crippen LogP contribution in [0.25, 0.3) is 0 Å². The zero-order valence-electron chi connectivity index (χ0n) is 21.8. The number of hydrogen-bond acceptors (Lipinski definition) is 3. The monoisotopic (exact) mass is 508 g/mol. The van der Waals surface area contributed by atoms with Crippen molar-refractivity contribution >= 4 is 22.4 Å². The zero-order chi connectivity index (χ0) is 22.6. The Labute approximate surface area is 204 Å². The molecule has 3 nitrogen and oxygen atoms in total. The average Bonchev–Trinajstić information content (AvgIpc) is 2.55. The molecule has 30 heavy (non-hydrogen) atoms. The van der Waals surface area contributed by atoms with Gasteiger partial charge in [-0.2, -0.15) is 0 Å². The van der Waals surface area contributed by atoms with Gasteiger partial charge in [0, 0.05) is 5.97 Å². The third kappa shape index (κ3) is 39.0. The van der Waals surface area contributed by atoms with Crippen LogP contribution in [0, 0.1) is 0 Å². The van der Waals surface area contributed by atoms with Crippen molar-refractivity contribution in [3.05, 3.63) is 0 Å². The molecule has 0 fully saturated rings. The molecule has 0 aromatic rings. The minimum atomic E-state index is -0.981. The Hall–Kier alpha value is 0.487. The topological polar surface area (TPSA) is 52.2 Å². The molecule has 0 heterocycles.